The zero-order valence-corrected chi connectivity index (χ0v) is 5.79. The highest BCUT2D eigenvalue weighted by Gasteiger charge is 2.25. The van der Waals surface area contributed by atoms with E-state index in [1.165, 1.54) is 0 Å². The Morgan fingerprint density at radius 1 is 1.10 bits per heavy atom. The molecule has 0 bridgehead atoms. The van der Waals surface area contributed by atoms with Crippen molar-refractivity contribution in [2.75, 3.05) is 0 Å². The number of aliphatic hydroxyl groups is 2. The van der Waals surface area contributed by atoms with E-state index in [1.807, 2.05) is 0 Å². The number of Topliss-reactive ketones (excluding diaryl/α,β-unsaturated/α-hetero) is 1. The van der Waals surface area contributed by atoms with E-state index in [2.05, 4.69) is 0 Å². The lowest BCUT2D eigenvalue weighted by Gasteiger charge is -2.07. The van der Waals surface area contributed by atoms with Crippen LogP contribution in [0, 0.1) is 0 Å². The van der Waals surface area contributed by atoms with Crippen molar-refractivity contribution in [2.24, 2.45) is 0 Å². The largest absolute Gasteiger partial charge is 0.385 e. The number of carbonyl (C=O) groups excluding carboxylic acids is 1. The minimum Gasteiger partial charge on any atom is -0.385 e. The molecule has 0 heterocycles. The lowest BCUT2D eigenvalue weighted by atomic mass is 10.1. The molecule has 1 rings (SSSR count). The molecule has 3 nitrogen and oxygen atoms in total. The van der Waals surface area contributed by atoms with Crippen LogP contribution in [-0.4, -0.2) is 28.2 Å². The van der Waals surface area contributed by atoms with Gasteiger partial charge in [-0.1, -0.05) is 12.8 Å². The van der Waals surface area contributed by atoms with Crippen LogP contribution in [0.2, 0.25) is 0 Å². The molecule has 0 amide bonds. The highest BCUT2D eigenvalue weighted by Crippen LogP contribution is 2.14. The highest BCUT2D eigenvalue weighted by atomic mass is 16.3. The number of hydrogen-bond donors (Lipinski definition) is 2. The number of hydrogen-bond acceptors (Lipinski definition) is 3. The van der Waals surface area contributed by atoms with Crippen molar-refractivity contribution in [2.45, 2.75) is 37.9 Å². The summed E-state index contributed by atoms with van der Waals surface area (Å²) < 4.78 is 0. The smallest absolute Gasteiger partial charge is 0.189 e. The summed E-state index contributed by atoms with van der Waals surface area (Å²) in [6, 6.07) is 0. The standard InChI is InChI=1S/C7H12O3/c8-5-3-1-2-4-6(9)7(5)10/h5-6,8-9H,1-4H2. The van der Waals surface area contributed by atoms with E-state index < -0.39 is 18.0 Å². The molecule has 1 aliphatic rings. The second-order valence-electron chi connectivity index (χ2n) is 2.72. The Balaban J connectivity index is 2.55. The van der Waals surface area contributed by atoms with Gasteiger partial charge in [-0.3, -0.25) is 4.79 Å². The van der Waals surface area contributed by atoms with Gasteiger partial charge in [-0.25, -0.2) is 0 Å². The van der Waals surface area contributed by atoms with Crippen LogP contribution in [0.5, 0.6) is 0 Å². The van der Waals surface area contributed by atoms with Crippen LogP contribution in [0.15, 0.2) is 0 Å². The van der Waals surface area contributed by atoms with Crippen molar-refractivity contribution < 1.29 is 15.0 Å². The fourth-order valence-electron chi connectivity index (χ4n) is 1.18. The van der Waals surface area contributed by atoms with Gasteiger partial charge in [0.1, 0.15) is 12.2 Å². The maximum atomic E-state index is 10.8. The Hall–Kier alpha value is -0.410. The number of aliphatic hydroxyl groups excluding tert-OH is 2. The quantitative estimate of drug-likeness (QED) is 0.465. The molecule has 0 aliphatic heterocycles. The van der Waals surface area contributed by atoms with Gasteiger partial charge in [-0.05, 0) is 12.8 Å². The third-order valence-electron chi connectivity index (χ3n) is 1.86. The molecule has 0 saturated heterocycles. The van der Waals surface area contributed by atoms with E-state index in [0.29, 0.717) is 12.8 Å². The SMILES string of the molecule is O=C1C(O)CCCCC1O. The van der Waals surface area contributed by atoms with Gasteiger partial charge in [0, 0.05) is 0 Å². The summed E-state index contributed by atoms with van der Waals surface area (Å²) in [5.74, 6) is -0.405. The second kappa shape index (κ2) is 3.12. The molecule has 0 aromatic carbocycles. The Morgan fingerprint density at radius 2 is 1.50 bits per heavy atom. The Morgan fingerprint density at radius 3 is 1.90 bits per heavy atom. The summed E-state index contributed by atoms with van der Waals surface area (Å²) in [7, 11) is 0. The molecule has 0 aromatic heterocycles. The van der Waals surface area contributed by atoms with Crippen LogP contribution in [0.3, 0.4) is 0 Å². The van der Waals surface area contributed by atoms with Gasteiger partial charge in [0.2, 0.25) is 0 Å². The molecular formula is C7H12O3. The van der Waals surface area contributed by atoms with E-state index in [9.17, 15) is 4.79 Å². The van der Waals surface area contributed by atoms with Crippen molar-refractivity contribution >= 4 is 5.78 Å². The number of ketones is 1. The summed E-state index contributed by atoms with van der Waals surface area (Å²) in [6.07, 6.45) is 0.856. The van der Waals surface area contributed by atoms with E-state index in [1.54, 1.807) is 0 Å². The minimum absolute atomic E-state index is 0.405. The predicted molar refractivity (Wildman–Crippen MR) is 35.5 cm³/mol. The summed E-state index contributed by atoms with van der Waals surface area (Å²) >= 11 is 0. The fraction of sp³-hybridized carbons (Fsp3) is 0.857. The van der Waals surface area contributed by atoms with Crippen LogP contribution in [0.25, 0.3) is 0 Å². The summed E-state index contributed by atoms with van der Waals surface area (Å²) in [5.41, 5.74) is 0. The molecule has 0 radical (unpaired) electrons. The topological polar surface area (TPSA) is 57.5 Å². The minimum atomic E-state index is -0.919. The molecule has 0 spiro atoms. The highest BCUT2D eigenvalue weighted by molar-refractivity contribution is 5.87. The Kier molecular flexibility index (Phi) is 2.40. The van der Waals surface area contributed by atoms with E-state index in [0.717, 1.165) is 12.8 Å². The van der Waals surface area contributed by atoms with Gasteiger partial charge >= 0.3 is 0 Å². The second-order valence-corrected chi connectivity index (χ2v) is 2.72. The van der Waals surface area contributed by atoms with E-state index >= 15 is 0 Å². The summed E-state index contributed by atoms with van der Waals surface area (Å²) in [4.78, 5) is 10.8. The van der Waals surface area contributed by atoms with Gasteiger partial charge in [-0.2, -0.15) is 0 Å². The first kappa shape index (κ1) is 7.69. The predicted octanol–water partition coefficient (Wildman–Crippen LogP) is -0.149. The van der Waals surface area contributed by atoms with Gasteiger partial charge in [0.25, 0.3) is 0 Å². The lowest BCUT2D eigenvalue weighted by molar-refractivity contribution is -0.135. The van der Waals surface area contributed by atoms with Crippen LogP contribution in [-0.2, 0) is 4.79 Å². The normalized spacial score (nSPS) is 35.6. The molecule has 2 unspecified atom stereocenters. The first-order chi connectivity index (χ1) is 4.72. The van der Waals surface area contributed by atoms with Crippen molar-refractivity contribution in [3.05, 3.63) is 0 Å². The maximum absolute atomic E-state index is 10.8. The van der Waals surface area contributed by atoms with Gasteiger partial charge in [0.15, 0.2) is 5.78 Å². The molecule has 1 fully saturated rings. The van der Waals surface area contributed by atoms with Crippen LogP contribution in [0.1, 0.15) is 25.7 Å². The molecule has 2 atom stereocenters. The Bertz CT molecular complexity index is 119. The fourth-order valence-corrected chi connectivity index (χ4v) is 1.18. The number of carbonyl (C=O) groups is 1. The first-order valence-electron chi connectivity index (χ1n) is 3.61. The zero-order valence-electron chi connectivity index (χ0n) is 5.79. The monoisotopic (exact) mass is 144 g/mol. The van der Waals surface area contributed by atoms with Gasteiger partial charge in [0.05, 0.1) is 0 Å². The van der Waals surface area contributed by atoms with Crippen molar-refractivity contribution in [1.29, 1.82) is 0 Å². The molecule has 0 aromatic rings. The van der Waals surface area contributed by atoms with Crippen molar-refractivity contribution in [3.63, 3.8) is 0 Å². The third-order valence-corrected chi connectivity index (χ3v) is 1.86. The molecule has 10 heavy (non-hydrogen) atoms. The third kappa shape index (κ3) is 1.55. The van der Waals surface area contributed by atoms with Crippen LogP contribution in [0.4, 0.5) is 0 Å². The molecule has 1 aliphatic carbocycles. The average molecular weight is 144 g/mol. The molecule has 58 valence electrons. The van der Waals surface area contributed by atoms with Gasteiger partial charge < -0.3 is 10.2 Å². The van der Waals surface area contributed by atoms with Crippen LogP contribution < -0.4 is 0 Å². The number of rotatable bonds is 0. The molecular weight excluding hydrogens is 132 g/mol. The van der Waals surface area contributed by atoms with Crippen LogP contribution >= 0.6 is 0 Å². The summed E-state index contributed by atoms with van der Waals surface area (Å²) in [6.45, 7) is 0. The van der Waals surface area contributed by atoms with E-state index in [-0.39, 0.29) is 0 Å². The lowest BCUT2D eigenvalue weighted by Crippen LogP contribution is -2.29. The molecule has 3 heteroatoms. The zero-order chi connectivity index (χ0) is 7.56. The average Bonchev–Trinajstić information content (AvgIpc) is 2.04. The van der Waals surface area contributed by atoms with Crippen molar-refractivity contribution in [3.8, 4) is 0 Å². The summed E-state index contributed by atoms with van der Waals surface area (Å²) in [5, 5.41) is 18.0. The first-order valence-corrected chi connectivity index (χ1v) is 3.61. The van der Waals surface area contributed by atoms with E-state index in [4.69, 9.17) is 10.2 Å². The molecule has 1 saturated carbocycles. The Labute approximate surface area is 59.7 Å². The molecule has 2 N–H and O–H groups in total. The maximum Gasteiger partial charge on any atom is 0.189 e. The van der Waals surface area contributed by atoms with Gasteiger partial charge in [-0.15, -0.1) is 0 Å². The van der Waals surface area contributed by atoms with Crippen molar-refractivity contribution in [1.82, 2.24) is 0 Å².